The number of likely N-dealkylation sites (tertiary alicyclic amines) is 1. The Hall–Kier alpha value is -3.08. The van der Waals surface area contributed by atoms with Crippen LogP contribution in [-0.2, 0) is 0 Å². The van der Waals surface area contributed by atoms with Crippen LogP contribution in [0.15, 0.2) is 59.1 Å². The molecule has 1 aromatic heterocycles. The van der Waals surface area contributed by atoms with Crippen molar-refractivity contribution in [3.8, 4) is 28.5 Å². The van der Waals surface area contributed by atoms with Gasteiger partial charge < -0.3 is 14.1 Å². The van der Waals surface area contributed by atoms with Gasteiger partial charge in [0, 0.05) is 24.2 Å². The van der Waals surface area contributed by atoms with Gasteiger partial charge in [0.05, 0.1) is 18.9 Å². The Kier molecular flexibility index (Phi) is 4.92. The standard InChI is InChI=1S/C22H22N2O3/c1-26-17-11-9-16(10-12-17)20-15-23-21(27-20)18-7-3-4-8-19(18)22(25)24-13-5-2-6-14-24/h3-4,7-12,15H,2,5-6,13-14H2,1H3. The lowest BCUT2D eigenvalue weighted by molar-refractivity contribution is 0.0725. The molecule has 0 bridgehead atoms. The summed E-state index contributed by atoms with van der Waals surface area (Å²) in [5, 5.41) is 0. The molecule has 0 atom stereocenters. The number of amides is 1. The molecule has 0 aliphatic carbocycles. The number of rotatable bonds is 4. The summed E-state index contributed by atoms with van der Waals surface area (Å²) in [7, 11) is 1.64. The molecule has 1 amide bonds. The average Bonchev–Trinajstić information content (AvgIpc) is 3.24. The van der Waals surface area contributed by atoms with Gasteiger partial charge in [-0.05, 0) is 55.7 Å². The molecule has 1 aliphatic heterocycles. The Morgan fingerprint density at radius 3 is 2.52 bits per heavy atom. The number of ether oxygens (including phenoxy) is 1. The van der Waals surface area contributed by atoms with E-state index in [0.29, 0.717) is 17.2 Å². The first kappa shape index (κ1) is 17.3. The number of methoxy groups -OCH3 is 1. The van der Waals surface area contributed by atoms with E-state index in [-0.39, 0.29) is 5.91 Å². The van der Waals surface area contributed by atoms with Crippen LogP contribution in [0.25, 0.3) is 22.8 Å². The summed E-state index contributed by atoms with van der Waals surface area (Å²) in [6, 6.07) is 15.1. The summed E-state index contributed by atoms with van der Waals surface area (Å²) >= 11 is 0. The van der Waals surface area contributed by atoms with Gasteiger partial charge in [0.1, 0.15) is 5.75 Å². The van der Waals surface area contributed by atoms with Crippen LogP contribution in [0.4, 0.5) is 0 Å². The number of hydrogen-bond donors (Lipinski definition) is 0. The van der Waals surface area contributed by atoms with Crippen LogP contribution < -0.4 is 4.74 Å². The topological polar surface area (TPSA) is 55.6 Å². The predicted molar refractivity (Wildman–Crippen MR) is 104 cm³/mol. The van der Waals surface area contributed by atoms with Crippen LogP contribution in [0, 0.1) is 0 Å². The summed E-state index contributed by atoms with van der Waals surface area (Å²) < 4.78 is 11.2. The molecule has 1 aliphatic rings. The maximum atomic E-state index is 13.0. The molecule has 0 spiro atoms. The highest BCUT2D eigenvalue weighted by atomic mass is 16.5. The van der Waals surface area contributed by atoms with Crippen LogP contribution in [-0.4, -0.2) is 36.0 Å². The van der Waals surface area contributed by atoms with Crippen molar-refractivity contribution in [1.29, 1.82) is 0 Å². The van der Waals surface area contributed by atoms with E-state index in [1.807, 2.05) is 53.4 Å². The molecule has 2 heterocycles. The summed E-state index contributed by atoms with van der Waals surface area (Å²) in [6.45, 7) is 1.63. The Morgan fingerprint density at radius 2 is 1.78 bits per heavy atom. The smallest absolute Gasteiger partial charge is 0.254 e. The normalized spacial score (nSPS) is 14.2. The molecule has 138 valence electrons. The fourth-order valence-electron chi connectivity index (χ4n) is 3.41. The van der Waals surface area contributed by atoms with E-state index in [0.717, 1.165) is 42.8 Å². The Bertz CT molecular complexity index is 925. The van der Waals surface area contributed by atoms with E-state index in [1.54, 1.807) is 13.3 Å². The lowest BCUT2D eigenvalue weighted by Crippen LogP contribution is -2.35. The zero-order valence-electron chi connectivity index (χ0n) is 15.4. The molecule has 2 aromatic carbocycles. The van der Waals surface area contributed by atoms with Gasteiger partial charge in [-0.25, -0.2) is 4.98 Å². The Morgan fingerprint density at radius 1 is 1.04 bits per heavy atom. The number of oxazole rings is 1. The molecule has 0 saturated carbocycles. The molecule has 1 saturated heterocycles. The van der Waals surface area contributed by atoms with Crippen molar-refractivity contribution in [2.24, 2.45) is 0 Å². The lowest BCUT2D eigenvalue weighted by atomic mass is 10.0. The Balaban J connectivity index is 1.64. The molecule has 0 unspecified atom stereocenters. The van der Waals surface area contributed by atoms with Gasteiger partial charge in [-0.15, -0.1) is 0 Å². The lowest BCUT2D eigenvalue weighted by Gasteiger charge is -2.27. The maximum Gasteiger partial charge on any atom is 0.254 e. The number of carbonyl (C=O) groups is 1. The van der Waals surface area contributed by atoms with Crippen molar-refractivity contribution < 1.29 is 13.9 Å². The second-order valence-corrected chi connectivity index (χ2v) is 6.66. The molecular formula is C22H22N2O3. The molecular weight excluding hydrogens is 340 g/mol. The third kappa shape index (κ3) is 3.58. The minimum absolute atomic E-state index is 0.0505. The van der Waals surface area contributed by atoms with Crippen LogP contribution in [0.3, 0.4) is 0 Å². The number of piperidine rings is 1. The quantitative estimate of drug-likeness (QED) is 0.678. The van der Waals surface area contributed by atoms with E-state index >= 15 is 0 Å². The number of aromatic nitrogens is 1. The van der Waals surface area contributed by atoms with E-state index in [4.69, 9.17) is 9.15 Å². The molecule has 5 heteroatoms. The fraction of sp³-hybridized carbons (Fsp3) is 0.273. The minimum atomic E-state index is 0.0505. The first-order valence-corrected chi connectivity index (χ1v) is 9.25. The van der Waals surface area contributed by atoms with Crippen LogP contribution in [0.5, 0.6) is 5.75 Å². The van der Waals surface area contributed by atoms with Crippen LogP contribution in [0.1, 0.15) is 29.6 Å². The monoisotopic (exact) mass is 362 g/mol. The fourth-order valence-corrected chi connectivity index (χ4v) is 3.41. The SMILES string of the molecule is COc1ccc(-c2cnc(-c3ccccc3C(=O)N3CCCCC3)o2)cc1. The first-order valence-electron chi connectivity index (χ1n) is 9.25. The molecule has 3 aromatic rings. The number of benzene rings is 2. The largest absolute Gasteiger partial charge is 0.497 e. The van der Waals surface area contributed by atoms with Crippen molar-refractivity contribution in [2.45, 2.75) is 19.3 Å². The van der Waals surface area contributed by atoms with Crippen LogP contribution in [0.2, 0.25) is 0 Å². The zero-order valence-corrected chi connectivity index (χ0v) is 15.4. The summed E-state index contributed by atoms with van der Waals surface area (Å²) in [6.07, 6.45) is 5.01. The maximum absolute atomic E-state index is 13.0. The van der Waals surface area contributed by atoms with Crippen molar-refractivity contribution in [2.75, 3.05) is 20.2 Å². The van der Waals surface area contributed by atoms with Gasteiger partial charge in [-0.2, -0.15) is 0 Å². The molecule has 0 N–H and O–H groups in total. The predicted octanol–water partition coefficient (Wildman–Crippen LogP) is 4.64. The number of hydrogen-bond acceptors (Lipinski definition) is 4. The second kappa shape index (κ2) is 7.66. The third-order valence-corrected chi connectivity index (χ3v) is 4.91. The van der Waals surface area contributed by atoms with E-state index in [1.165, 1.54) is 6.42 Å². The zero-order chi connectivity index (χ0) is 18.6. The van der Waals surface area contributed by atoms with Crippen molar-refractivity contribution in [1.82, 2.24) is 9.88 Å². The Labute approximate surface area is 158 Å². The van der Waals surface area contributed by atoms with Gasteiger partial charge in [0.2, 0.25) is 5.89 Å². The number of carbonyl (C=O) groups excluding carboxylic acids is 1. The minimum Gasteiger partial charge on any atom is -0.497 e. The first-order chi connectivity index (χ1) is 13.3. The van der Waals surface area contributed by atoms with E-state index in [2.05, 4.69) is 4.98 Å². The van der Waals surface area contributed by atoms with Crippen molar-refractivity contribution in [3.63, 3.8) is 0 Å². The van der Waals surface area contributed by atoms with Gasteiger partial charge in [-0.3, -0.25) is 4.79 Å². The van der Waals surface area contributed by atoms with Gasteiger partial charge >= 0.3 is 0 Å². The summed E-state index contributed by atoms with van der Waals surface area (Å²) in [5.74, 6) is 1.96. The number of nitrogens with zero attached hydrogens (tertiary/aromatic N) is 2. The second-order valence-electron chi connectivity index (χ2n) is 6.66. The molecule has 1 fully saturated rings. The van der Waals surface area contributed by atoms with Crippen LogP contribution >= 0.6 is 0 Å². The molecule has 5 nitrogen and oxygen atoms in total. The molecule has 0 radical (unpaired) electrons. The van der Waals surface area contributed by atoms with Gasteiger partial charge in [0.15, 0.2) is 5.76 Å². The molecule has 4 rings (SSSR count). The van der Waals surface area contributed by atoms with Gasteiger partial charge in [0.25, 0.3) is 5.91 Å². The van der Waals surface area contributed by atoms with Crippen molar-refractivity contribution >= 4 is 5.91 Å². The third-order valence-electron chi connectivity index (χ3n) is 4.91. The van der Waals surface area contributed by atoms with Gasteiger partial charge in [-0.1, -0.05) is 12.1 Å². The average molecular weight is 362 g/mol. The van der Waals surface area contributed by atoms with Crippen molar-refractivity contribution in [3.05, 3.63) is 60.3 Å². The van der Waals surface area contributed by atoms with E-state index in [9.17, 15) is 4.79 Å². The molecule has 27 heavy (non-hydrogen) atoms. The highest BCUT2D eigenvalue weighted by molar-refractivity contribution is 6.00. The summed E-state index contributed by atoms with van der Waals surface area (Å²) in [4.78, 5) is 19.3. The summed E-state index contributed by atoms with van der Waals surface area (Å²) in [5.41, 5.74) is 2.28. The highest BCUT2D eigenvalue weighted by Crippen LogP contribution is 2.30. The van der Waals surface area contributed by atoms with E-state index < -0.39 is 0 Å². The highest BCUT2D eigenvalue weighted by Gasteiger charge is 2.22.